The third kappa shape index (κ3) is 7.17. The molecule has 1 saturated carbocycles. The van der Waals surface area contributed by atoms with Crippen molar-refractivity contribution in [2.75, 3.05) is 12.4 Å². The number of amides is 3. The standard InChI is InChI=1S/C18H24N2O4S/c1-13-7-5-6-10-15(13)19-18(23)20-16(21)11-24-17(22)12-25-14-8-3-2-4-9-14/h2-4,8-9,13,15H,5-7,10-12H2,1H3,(H2,19,20,21,23)/t13-,15-/m1/s1. The van der Waals surface area contributed by atoms with Crippen molar-refractivity contribution in [3.8, 4) is 0 Å². The van der Waals surface area contributed by atoms with E-state index in [-0.39, 0.29) is 11.8 Å². The van der Waals surface area contributed by atoms with E-state index < -0.39 is 24.5 Å². The number of imide groups is 1. The van der Waals surface area contributed by atoms with E-state index in [4.69, 9.17) is 4.74 Å². The lowest BCUT2D eigenvalue weighted by molar-refractivity contribution is -0.145. The summed E-state index contributed by atoms with van der Waals surface area (Å²) in [6, 6.07) is 9.00. The van der Waals surface area contributed by atoms with Crippen LogP contribution in [-0.2, 0) is 14.3 Å². The summed E-state index contributed by atoms with van der Waals surface area (Å²) in [5.74, 6) is -0.602. The van der Waals surface area contributed by atoms with Gasteiger partial charge in [-0.1, -0.05) is 38.0 Å². The topological polar surface area (TPSA) is 84.5 Å². The molecule has 0 bridgehead atoms. The lowest BCUT2D eigenvalue weighted by atomic mass is 9.86. The number of carbonyl (C=O) groups excluding carboxylic acids is 3. The number of thioether (sulfide) groups is 1. The summed E-state index contributed by atoms with van der Waals surface area (Å²) in [6.07, 6.45) is 4.26. The van der Waals surface area contributed by atoms with Gasteiger partial charge in [0.1, 0.15) is 0 Å². The fourth-order valence-corrected chi connectivity index (χ4v) is 3.46. The third-order valence-corrected chi connectivity index (χ3v) is 5.13. The van der Waals surface area contributed by atoms with Crippen LogP contribution in [0.25, 0.3) is 0 Å². The van der Waals surface area contributed by atoms with Gasteiger partial charge in [0.2, 0.25) is 0 Å². The van der Waals surface area contributed by atoms with Crippen LogP contribution in [0, 0.1) is 5.92 Å². The minimum Gasteiger partial charge on any atom is -0.455 e. The van der Waals surface area contributed by atoms with E-state index in [1.165, 1.54) is 18.2 Å². The molecule has 0 aliphatic heterocycles. The molecule has 1 aromatic rings. The highest BCUT2D eigenvalue weighted by molar-refractivity contribution is 8.00. The first-order chi connectivity index (χ1) is 12.0. The third-order valence-electron chi connectivity index (χ3n) is 4.15. The molecular formula is C18H24N2O4S. The molecule has 25 heavy (non-hydrogen) atoms. The Balaban J connectivity index is 1.62. The fourth-order valence-electron chi connectivity index (χ4n) is 2.74. The lowest BCUT2D eigenvalue weighted by Crippen LogP contribution is -2.48. The molecular weight excluding hydrogens is 340 g/mol. The van der Waals surface area contributed by atoms with E-state index in [9.17, 15) is 14.4 Å². The van der Waals surface area contributed by atoms with E-state index in [2.05, 4.69) is 17.6 Å². The van der Waals surface area contributed by atoms with Gasteiger partial charge in [0, 0.05) is 10.9 Å². The zero-order valence-electron chi connectivity index (χ0n) is 14.3. The van der Waals surface area contributed by atoms with E-state index in [1.54, 1.807) is 0 Å². The van der Waals surface area contributed by atoms with Gasteiger partial charge in [-0.15, -0.1) is 11.8 Å². The number of rotatable bonds is 6. The quantitative estimate of drug-likeness (QED) is 0.599. The minimum absolute atomic E-state index is 0.0892. The molecule has 6 nitrogen and oxygen atoms in total. The van der Waals surface area contributed by atoms with E-state index >= 15 is 0 Å². The van der Waals surface area contributed by atoms with Gasteiger partial charge in [-0.25, -0.2) is 4.79 Å². The smallest absolute Gasteiger partial charge is 0.321 e. The van der Waals surface area contributed by atoms with Crippen LogP contribution in [0.15, 0.2) is 35.2 Å². The maximum atomic E-state index is 11.8. The number of nitrogens with one attached hydrogen (secondary N) is 2. The molecule has 0 spiro atoms. The van der Waals surface area contributed by atoms with Gasteiger partial charge in [0.25, 0.3) is 5.91 Å². The van der Waals surface area contributed by atoms with Crippen molar-refractivity contribution in [3.05, 3.63) is 30.3 Å². The largest absolute Gasteiger partial charge is 0.455 e. The number of benzene rings is 1. The molecule has 1 fully saturated rings. The summed E-state index contributed by atoms with van der Waals surface area (Å²) >= 11 is 1.33. The van der Waals surface area contributed by atoms with Gasteiger partial charge in [-0.3, -0.25) is 14.9 Å². The summed E-state index contributed by atoms with van der Waals surface area (Å²) in [4.78, 5) is 36.1. The zero-order chi connectivity index (χ0) is 18.1. The Morgan fingerprint density at radius 1 is 1.16 bits per heavy atom. The minimum atomic E-state index is -0.626. The van der Waals surface area contributed by atoms with Crippen LogP contribution in [-0.4, -0.2) is 36.3 Å². The zero-order valence-corrected chi connectivity index (χ0v) is 15.1. The number of urea groups is 1. The summed E-state index contributed by atoms with van der Waals surface area (Å²) in [5.41, 5.74) is 0. The summed E-state index contributed by atoms with van der Waals surface area (Å²) in [5, 5.41) is 5.02. The number of esters is 1. The van der Waals surface area contributed by atoms with Crippen molar-refractivity contribution in [2.24, 2.45) is 5.92 Å². The predicted octanol–water partition coefficient (Wildman–Crippen LogP) is 2.73. The van der Waals surface area contributed by atoms with Crippen molar-refractivity contribution in [2.45, 2.75) is 43.5 Å². The van der Waals surface area contributed by atoms with Gasteiger partial charge in [-0.2, -0.15) is 0 Å². The first-order valence-electron chi connectivity index (χ1n) is 8.48. The Hall–Kier alpha value is -2.02. The number of hydrogen-bond acceptors (Lipinski definition) is 5. The second kappa shape index (κ2) is 10.1. The van der Waals surface area contributed by atoms with Crippen molar-refractivity contribution in [1.29, 1.82) is 0 Å². The Morgan fingerprint density at radius 2 is 1.88 bits per heavy atom. The van der Waals surface area contributed by atoms with Crippen molar-refractivity contribution in [1.82, 2.24) is 10.6 Å². The average molecular weight is 364 g/mol. The van der Waals surface area contributed by atoms with Crippen LogP contribution in [0.4, 0.5) is 4.79 Å². The molecule has 3 amide bonds. The summed E-state index contributed by atoms with van der Waals surface area (Å²) in [7, 11) is 0. The first-order valence-corrected chi connectivity index (χ1v) is 9.47. The van der Waals surface area contributed by atoms with E-state index in [1.807, 2.05) is 30.3 Å². The normalized spacial score (nSPS) is 19.7. The highest BCUT2D eigenvalue weighted by Gasteiger charge is 2.23. The van der Waals surface area contributed by atoms with E-state index in [0.29, 0.717) is 5.92 Å². The summed E-state index contributed by atoms with van der Waals surface area (Å²) in [6.45, 7) is 1.64. The van der Waals surface area contributed by atoms with Crippen LogP contribution < -0.4 is 10.6 Å². The van der Waals surface area contributed by atoms with Gasteiger partial charge < -0.3 is 10.1 Å². The molecule has 0 radical (unpaired) electrons. The molecule has 136 valence electrons. The first kappa shape index (κ1) is 19.3. The number of hydrogen-bond donors (Lipinski definition) is 2. The number of carbonyl (C=O) groups is 3. The molecule has 1 aromatic carbocycles. The molecule has 0 saturated heterocycles. The Bertz CT molecular complexity index is 594. The Kier molecular flexibility index (Phi) is 7.78. The maximum absolute atomic E-state index is 11.8. The molecule has 2 atom stereocenters. The van der Waals surface area contributed by atoms with Crippen LogP contribution in [0.3, 0.4) is 0 Å². The lowest BCUT2D eigenvalue weighted by Gasteiger charge is -2.29. The molecule has 0 unspecified atom stereocenters. The van der Waals surface area contributed by atoms with Crippen molar-refractivity contribution < 1.29 is 19.1 Å². The van der Waals surface area contributed by atoms with Gasteiger partial charge in [-0.05, 0) is 30.9 Å². The van der Waals surface area contributed by atoms with Crippen LogP contribution in [0.5, 0.6) is 0 Å². The fraction of sp³-hybridized carbons (Fsp3) is 0.500. The highest BCUT2D eigenvalue weighted by atomic mass is 32.2. The van der Waals surface area contributed by atoms with Gasteiger partial charge in [0.15, 0.2) is 6.61 Å². The summed E-state index contributed by atoms with van der Waals surface area (Å²) < 4.78 is 4.89. The molecule has 0 aromatic heterocycles. The van der Waals surface area contributed by atoms with Gasteiger partial charge in [0.05, 0.1) is 5.75 Å². The Labute approximate surface area is 152 Å². The SMILES string of the molecule is C[C@@H]1CCCC[C@H]1NC(=O)NC(=O)COC(=O)CSc1ccccc1. The molecule has 7 heteroatoms. The molecule has 1 aliphatic rings. The molecule has 0 heterocycles. The predicted molar refractivity (Wildman–Crippen MR) is 96.2 cm³/mol. The second-order valence-electron chi connectivity index (χ2n) is 6.15. The average Bonchev–Trinajstić information content (AvgIpc) is 2.61. The van der Waals surface area contributed by atoms with Crippen LogP contribution in [0.1, 0.15) is 32.6 Å². The number of ether oxygens (including phenoxy) is 1. The highest BCUT2D eigenvalue weighted by Crippen LogP contribution is 2.23. The molecule has 2 N–H and O–H groups in total. The van der Waals surface area contributed by atoms with Crippen molar-refractivity contribution >= 4 is 29.7 Å². The maximum Gasteiger partial charge on any atom is 0.321 e. The molecule has 2 rings (SSSR count). The van der Waals surface area contributed by atoms with Crippen molar-refractivity contribution in [3.63, 3.8) is 0 Å². The second-order valence-corrected chi connectivity index (χ2v) is 7.20. The van der Waals surface area contributed by atoms with Gasteiger partial charge >= 0.3 is 12.0 Å². The monoisotopic (exact) mass is 364 g/mol. The Morgan fingerprint density at radius 3 is 2.60 bits per heavy atom. The van der Waals surface area contributed by atoms with Crippen LogP contribution >= 0.6 is 11.8 Å². The molecule has 1 aliphatic carbocycles. The van der Waals surface area contributed by atoms with Crippen LogP contribution in [0.2, 0.25) is 0 Å². The van der Waals surface area contributed by atoms with E-state index in [0.717, 1.165) is 24.2 Å².